The summed E-state index contributed by atoms with van der Waals surface area (Å²) in [6.07, 6.45) is 14.1. The van der Waals surface area contributed by atoms with Crippen LogP contribution >= 0.6 is 0 Å². The first kappa shape index (κ1) is 25.5. The Hall–Kier alpha value is -2.63. The van der Waals surface area contributed by atoms with Crippen molar-refractivity contribution >= 4 is 17.7 Å². The predicted octanol–water partition coefficient (Wildman–Crippen LogP) is 7.22. The number of hydrogen-bond acceptors (Lipinski definition) is 3. The molecule has 0 radical (unpaired) electrons. The number of hydrogen-bond donors (Lipinski definition) is 0. The number of carbonyl (C=O) groups is 1. The van der Waals surface area contributed by atoms with Crippen molar-refractivity contribution in [2.45, 2.75) is 65.7 Å². The molecule has 5 unspecified atom stereocenters. The van der Waals surface area contributed by atoms with Crippen LogP contribution in [0.25, 0.3) is 5.57 Å². The van der Waals surface area contributed by atoms with Crippen molar-refractivity contribution in [1.82, 2.24) is 9.88 Å². The van der Waals surface area contributed by atoms with E-state index < -0.39 is 6.43 Å². The molecule has 1 aromatic heterocycles. The average Bonchev–Trinajstić information content (AvgIpc) is 3.20. The number of fused-ring (bicyclic) bond motifs is 5. The van der Waals surface area contributed by atoms with Gasteiger partial charge in [0.15, 0.2) is 0 Å². The molecule has 1 aromatic rings. The molecule has 0 spiro atoms. The first-order valence-corrected chi connectivity index (χ1v) is 12.7. The molecule has 5 atom stereocenters. The third kappa shape index (κ3) is 4.30. The maximum absolute atomic E-state index is 13.2. The molecule has 2 heterocycles. The summed E-state index contributed by atoms with van der Waals surface area (Å²) in [6, 6.07) is 1.63. The van der Waals surface area contributed by atoms with Crippen LogP contribution in [-0.2, 0) is 4.79 Å². The Bertz CT molecular complexity index is 1080. The minimum Gasteiger partial charge on any atom is -0.319 e. The number of alkyl halides is 2. The molecule has 0 N–H and O–H groups in total. The molecule has 6 heteroatoms. The van der Waals surface area contributed by atoms with Gasteiger partial charge in [-0.15, -0.1) is 0 Å². The summed E-state index contributed by atoms with van der Waals surface area (Å²) in [6.45, 7) is 9.90. The number of nitrogens with zero attached hydrogens (tertiary/aromatic N) is 3. The highest BCUT2D eigenvalue weighted by Crippen LogP contribution is 2.66. The first-order valence-electron chi connectivity index (χ1n) is 12.7. The molecule has 188 valence electrons. The van der Waals surface area contributed by atoms with Gasteiger partial charge >= 0.3 is 0 Å². The van der Waals surface area contributed by atoms with E-state index in [4.69, 9.17) is 0 Å². The van der Waals surface area contributed by atoms with Gasteiger partial charge in [0.1, 0.15) is 0 Å². The van der Waals surface area contributed by atoms with Gasteiger partial charge in [-0.3, -0.25) is 14.8 Å². The Balaban J connectivity index is 0.000000527. The van der Waals surface area contributed by atoms with E-state index in [2.05, 4.69) is 42.6 Å². The number of likely N-dealkylation sites (tertiary alicyclic amines) is 1. The molecule has 0 bridgehead atoms. The highest BCUT2D eigenvalue weighted by molar-refractivity contribution is 5.79. The largest absolute Gasteiger partial charge is 0.319 e. The van der Waals surface area contributed by atoms with Crippen LogP contribution in [0.1, 0.15) is 76.8 Å². The Labute approximate surface area is 207 Å². The molecule has 2 fully saturated rings. The number of aromatic nitrogens is 1. The molecule has 1 aliphatic heterocycles. The maximum atomic E-state index is 13.2. The van der Waals surface area contributed by atoms with Crippen LogP contribution in [0.3, 0.4) is 0 Å². The Morgan fingerprint density at radius 3 is 2.60 bits per heavy atom. The van der Waals surface area contributed by atoms with Crippen molar-refractivity contribution in [2.24, 2.45) is 33.6 Å². The van der Waals surface area contributed by atoms with E-state index >= 15 is 0 Å². The van der Waals surface area contributed by atoms with Gasteiger partial charge in [0, 0.05) is 55.0 Å². The lowest BCUT2D eigenvalue weighted by Gasteiger charge is -2.58. The first-order chi connectivity index (χ1) is 16.7. The van der Waals surface area contributed by atoms with E-state index in [0.29, 0.717) is 24.2 Å². The summed E-state index contributed by atoms with van der Waals surface area (Å²) >= 11 is 0. The maximum Gasteiger partial charge on any atom is 0.265 e. The molecule has 0 aromatic carbocycles. The lowest BCUT2D eigenvalue weighted by Crippen LogP contribution is -2.53. The molecular formula is C29H37F2N3O. The summed E-state index contributed by atoms with van der Waals surface area (Å²) in [5.74, 6) is 1.89. The number of allylic oxidation sites excluding steroid dienone is 4. The van der Waals surface area contributed by atoms with Gasteiger partial charge in [-0.1, -0.05) is 32.6 Å². The second-order valence-electron chi connectivity index (χ2n) is 10.8. The Kier molecular flexibility index (Phi) is 7.12. The summed E-state index contributed by atoms with van der Waals surface area (Å²) in [5.41, 5.74) is 3.36. The summed E-state index contributed by atoms with van der Waals surface area (Å²) in [5, 5.41) is 0. The number of pyridine rings is 1. The summed E-state index contributed by atoms with van der Waals surface area (Å²) in [4.78, 5) is 21.9. The van der Waals surface area contributed by atoms with Crippen LogP contribution in [0, 0.1) is 28.6 Å². The number of piperidine rings is 1. The minimum absolute atomic E-state index is 0.00167. The molecule has 4 nitrogen and oxygen atoms in total. The number of rotatable bonds is 3. The van der Waals surface area contributed by atoms with Gasteiger partial charge in [0.25, 0.3) is 6.43 Å². The van der Waals surface area contributed by atoms with Gasteiger partial charge in [-0.05, 0) is 79.4 Å². The van der Waals surface area contributed by atoms with Gasteiger partial charge in [0.2, 0.25) is 5.91 Å². The quantitative estimate of drug-likeness (QED) is 0.428. The van der Waals surface area contributed by atoms with Crippen LogP contribution < -0.4 is 0 Å². The summed E-state index contributed by atoms with van der Waals surface area (Å²) in [7, 11) is 1.93. The minimum atomic E-state index is -2.49. The number of carbonyl (C=O) groups excluding carboxylic acids is 1. The number of halogens is 2. The highest BCUT2D eigenvalue weighted by Gasteiger charge is 2.57. The zero-order valence-corrected chi connectivity index (χ0v) is 21.3. The molecule has 5 rings (SSSR count). The average molecular weight is 482 g/mol. The fraction of sp³-hybridized carbons (Fsp3) is 0.552. The van der Waals surface area contributed by atoms with Gasteiger partial charge < -0.3 is 4.90 Å². The Morgan fingerprint density at radius 2 is 1.94 bits per heavy atom. The van der Waals surface area contributed by atoms with Crippen LogP contribution in [0.2, 0.25) is 0 Å². The molecular weight excluding hydrogens is 444 g/mol. The van der Waals surface area contributed by atoms with E-state index in [0.717, 1.165) is 37.7 Å². The van der Waals surface area contributed by atoms with Crippen molar-refractivity contribution in [3.63, 3.8) is 0 Å². The number of aliphatic imine (C=N–C) groups is 1. The van der Waals surface area contributed by atoms with E-state index in [9.17, 15) is 13.6 Å². The van der Waals surface area contributed by atoms with Crippen molar-refractivity contribution < 1.29 is 13.6 Å². The standard InChI is InChI=1S/C25H30F2N2O.C4H7N/c1-24-10-8-20-17(4-7-21-25(20,2)11-9-22(30)29(21)3)19(24)6-5-18(24)15-12-16(23(26)27)14-28-13-15;1-3-5-4-2/h5,7,12-14,17,19-20,23H,4,6,8-11H2,1-3H3;3-4H,1H2,2H3. The van der Waals surface area contributed by atoms with Crippen molar-refractivity contribution in [3.8, 4) is 0 Å². The predicted molar refractivity (Wildman–Crippen MR) is 137 cm³/mol. The topological polar surface area (TPSA) is 45.6 Å². The van der Waals surface area contributed by atoms with Crippen molar-refractivity contribution in [3.05, 3.63) is 60.2 Å². The van der Waals surface area contributed by atoms with E-state index in [1.165, 1.54) is 23.7 Å². The highest BCUT2D eigenvalue weighted by atomic mass is 19.3. The van der Waals surface area contributed by atoms with Gasteiger partial charge in [-0.2, -0.15) is 0 Å². The van der Waals surface area contributed by atoms with Crippen LogP contribution in [0.4, 0.5) is 8.78 Å². The zero-order chi connectivity index (χ0) is 25.4. The Morgan fingerprint density at radius 1 is 1.17 bits per heavy atom. The molecule has 3 aliphatic carbocycles. The lowest BCUT2D eigenvalue weighted by atomic mass is 9.49. The smallest absolute Gasteiger partial charge is 0.265 e. The second kappa shape index (κ2) is 9.79. The molecule has 1 saturated heterocycles. The molecule has 35 heavy (non-hydrogen) atoms. The van der Waals surface area contributed by atoms with Gasteiger partial charge in [-0.25, -0.2) is 8.78 Å². The SMILES string of the molecule is C=CN=CC.CN1C(=O)CCC2(C)C1=CCC1C3CC=C(c4cncc(C(F)F)c4)C3(C)CCC12. The van der Waals surface area contributed by atoms with Crippen molar-refractivity contribution in [1.29, 1.82) is 0 Å². The van der Waals surface area contributed by atoms with Crippen LogP contribution in [-0.4, -0.2) is 29.1 Å². The monoisotopic (exact) mass is 481 g/mol. The van der Waals surface area contributed by atoms with E-state index in [-0.39, 0.29) is 22.3 Å². The second-order valence-corrected chi connectivity index (χ2v) is 10.8. The van der Waals surface area contributed by atoms with Crippen molar-refractivity contribution in [2.75, 3.05) is 7.05 Å². The van der Waals surface area contributed by atoms with Crippen LogP contribution in [0.5, 0.6) is 0 Å². The number of amides is 1. The fourth-order valence-corrected chi connectivity index (χ4v) is 7.42. The molecule has 1 amide bonds. The normalized spacial score (nSPS) is 33.9. The van der Waals surface area contributed by atoms with E-state index in [1.54, 1.807) is 18.5 Å². The molecule has 4 aliphatic rings. The van der Waals surface area contributed by atoms with E-state index in [1.807, 2.05) is 18.9 Å². The van der Waals surface area contributed by atoms with Gasteiger partial charge in [0.05, 0.1) is 0 Å². The van der Waals surface area contributed by atoms with Crippen LogP contribution in [0.15, 0.2) is 54.1 Å². The third-order valence-corrected chi connectivity index (χ3v) is 9.18. The fourth-order valence-electron chi connectivity index (χ4n) is 7.42. The summed E-state index contributed by atoms with van der Waals surface area (Å²) < 4.78 is 26.5. The third-order valence-electron chi connectivity index (χ3n) is 9.18. The molecule has 1 saturated carbocycles. The lowest BCUT2D eigenvalue weighted by molar-refractivity contribution is -0.135. The zero-order valence-electron chi connectivity index (χ0n) is 21.3.